The van der Waals surface area contributed by atoms with Gasteiger partial charge in [0.25, 0.3) is 0 Å². The number of aromatic nitrogens is 3. The van der Waals surface area contributed by atoms with Crippen LogP contribution in [0.4, 0.5) is 10.6 Å². The van der Waals surface area contributed by atoms with Crippen LogP contribution in [0.3, 0.4) is 0 Å². The maximum Gasteiger partial charge on any atom is 0.320 e. The van der Waals surface area contributed by atoms with Gasteiger partial charge in [-0.1, -0.05) is 31.6 Å². The smallest absolute Gasteiger partial charge is 0.320 e. The third-order valence-electron chi connectivity index (χ3n) is 3.33. The summed E-state index contributed by atoms with van der Waals surface area (Å²) in [4.78, 5) is 16.0. The number of amides is 2. The molecule has 1 aliphatic rings. The fraction of sp³-hybridized carbons (Fsp3) is 0.267. The highest BCUT2D eigenvalue weighted by atomic mass is 16.2. The van der Waals surface area contributed by atoms with Crippen molar-refractivity contribution in [2.45, 2.75) is 19.8 Å². The number of anilines is 1. The molecule has 6 heteroatoms. The monoisotopic (exact) mass is 283 g/mol. The van der Waals surface area contributed by atoms with Gasteiger partial charge in [-0.3, -0.25) is 10.4 Å². The Kier molecular flexibility index (Phi) is 3.68. The molecule has 2 amide bonds. The summed E-state index contributed by atoms with van der Waals surface area (Å²) < 4.78 is 0. The highest BCUT2D eigenvalue weighted by Gasteiger charge is 2.12. The first-order valence-corrected chi connectivity index (χ1v) is 7.05. The van der Waals surface area contributed by atoms with Crippen molar-refractivity contribution in [1.29, 1.82) is 0 Å². The van der Waals surface area contributed by atoms with E-state index >= 15 is 0 Å². The van der Waals surface area contributed by atoms with E-state index in [9.17, 15) is 4.79 Å². The Morgan fingerprint density at radius 2 is 2.29 bits per heavy atom. The molecule has 2 heterocycles. The van der Waals surface area contributed by atoms with Crippen molar-refractivity contribution < 1.29 is 4.79 Å². The summed E-state index contributed by atoms with van der Waals surface area (Å²) in [5.74, 6) is 0.504. The van der Waals surface area contributed by atoms with Crippen molar-refractivity contribution in [1.82, 2.24) is 20.5 Å². The van der Waals surface area contributed by atoms with E-state index in [4.69, 9.17) is 0 Å². The third kappa shape index (κ3) is 2.79. The third-order valence-corrected chi connectivity index (χ3v) is 3.33. The molecular formula is C15H17N5O. The van der Waals surface area contributed by atoms with Gasteiger partial charge in [0.15, 0.2) is 0 Å². The zero-order chi connectivity index (χ0) is 14.7. The number of fused-ring (bicyclic) bond motifs is 1. The molecule has 0 spiro atoms. The minimum Gasteiger partial charge on any atom is -0.338 e. The average molecular weight is 283 g/mol. The molecule has 0 unspecified atom stereocenters. The number of carbonyl (C=O) groups is 1. The lowest BCUT2D eigenvalue weighted by molar-refractivity contribution is 0.252. The molecule has 1 aliphatic carbocycles. The normalized spacial score (nSPS) is 12.9. The van der Waals surface area contributed by atoms with Crippen LogP contribution in [0.15, 0.2) is 30.5 Å². The second-order valence-corrected chi connectivity index (χ2v) is 4.90. The van der Waals surface area contributed by atoms with Crippen LogP contribution >= 0.6 is 0 Å². The van der Waals surface area contributed by atoms with Crippen LogP contribution in [0.5, 0.6) is 0 Å². The fourth-order valence-corrected chi connectivity index (χ4v) is 2.09. The van der Waals surface area contributed by atoms with Crippen LogP contribution in [0.1, 0.15) is 25.5 Å². The summed E-state index contributed by atoms with van der Waals surface area (Å²) >= 11 is 0. The first-order valence-electron chi connectivity index (χ1n) is 7.05. The van der Waals surface area contributed by atoms with Gasteiger partial charge >= 0.3 is 6.03 Å². The molecule has 0 fully saturated rings. The maximum atomic E-state index is 11.7. The van der Waals surface area contributed by atoms with Gasteiger partial charge in [-0.25, -0.2) is 9.78 Å². The van der Waals surface area contributed by atoms with Crippen LogP contribution in [0.25, 0.3) is 16.5 Å². The number of hydrogen-bond acceptors (Lipinski definition) is 3. The molecule has 6 nitrogen and oxygen atoms in total. The van der Waals surface area contributed by atoms with Crippen molar-refractivity contribution in [2.24, 2.45) is 0 Å². The van der Waals surface area contributed by atoms with E-state index in [2.05, 4.69) is 32.7 Å². The van der Waals surface area contributed by atoms with E-state index in [-0.39, 0.29) is 6.03 Å². The van der Waals surface area contributed by atoms with E-state index in [1.165, 1.54) is 0 Å². The molecular weight excluding hydrogens is 266 g/mol. The molecule has 21 heavy (non-hydrogen) atoms. The van der Waals surface area contributed by atoms with Crippen LogP contribution in [0.2, 0.25) is 0 Å². The van der Waals surface area contributed by atoms with Crippen LogP contribution < -0.4 is 10.6 Å². The number of allylic oxidation sites excluding steroid dienone is 4. The van der Waals surface area contributed by atoms with Gasteiger partial charge in [-0.05, 0) is 6.42 Å². The molecule has 3 N–H and O–H groups in total. The first-order chi connectivity index (χ1) is 10.3. The number of unbranched alkanes of at least 4 members (excludes halogenated alkanes) is 1. The Labute approximate surface area is 122 Å². The van der Waals surface area contributed by atoms with Crippen LogP contribution in [-0.2, 0) is 0 Å². The van der Waals surface area contributed by atoms with E-state index in [1.807, 2.05) is 18.2 Å². The molecule has 0 bridgehead atoms. The van der Waals surface area contributed by atoms with Crippen molar-refractivity contribution in [3.05, 3.63) is 36.2 Å². The molecule has 3 rings (SSSR count). The van der Waals surface area contributed by atoms with Crippen LogP contribution in [0, 0.1) is 0 Å². The van der Waals surface area contributed by atoms with Gasteiger partial charge in [0.2, 0.25) is 0 Å². The number of nitrogens with zero attached hydrogens (tertiary/aromatic N) is 2. The lowest BCUT2D eigenvalue weighted by atomic mass is 10.0. The number of H-pyrrole nitrogens is 1. The maximum absolute atomic E-state index is 11.7. The predicted molar refractivity (Wildman–Crippen MR) is 82.9 cm³/mol. The zero-order valence-corrected chi connectivity index (χ0v) is 11.8. The van der Waals surface area contributed by atoms with Gasteiger partial charge in [0, 0.05) is 29.8 Å². The number of pyridine rings is 1. The summed E-state index contributed by atoms with van der Waals surface area (Å²) in [6.45, 7) is 2.75. The number of hydrogen-bond donors (Lipinski definition) is 3. The average Bonchev–Trinajstić information content (AvgIpc) is 2.80. The highest BCUT2D eigenvalue weighted by molar-refractivity contribution is 5.97. The van der Waals surface area contributed by atoms with Gasteiger partial charge in [0.1, 0.15) is 11.5 Å². The highest BCUT2D eigenvalue weighted by Crippen LogP contribution is 2.27. The molecule has 108 valence electrons. The molecule has 0 saturated heterocycles. The van der Waals surface area contributed by atoms with Crippen molar-refractivity contribution in [2.75, 3.05) is 11.9 Å². The van der Waals surface area contributed by atoms with Crippen molar-refractivity contribution in [3.8, 4) is 0 Å². The molecule has 0 saturated carbocycles. The molecule has 0 aliphatic heterocycles. The second-order valence-electron chi connectivity index (χ2n) is 4.90. The Morgan fingerprint density at radius 3 is 3.00 bits per heavy atom. The molecule has 0 aromatic carbocycles. The number of urea groups is 1. The summed E-state index contributed by atoms with van der Waals surface area (Å²) in [5.41, 5.74) is 2.82. The van der Waals surface area contributed by atoms with Crippen molar-refractivity contribution >= 4 is 28.3 Å². The van der Waals surface area contributed by atoms with Crippen molar-refractivity contribution in [3.63, 3.8) is 0 Å². The Balaban J connectivity index is 1.71. The Morgan fingerprint density at radius 1 is 1.43 bits per heavy atom. The van der Waals surface area contributed by atoms with Gasteiger partial charge < -0.3 is 5.32 Å². The molecule has 2 aromatic rings. The number of nitrogens with one attached hydrogen (secondary N) is 3. The molecule has 2 aromatic heterocycles. The zero-order valence-electron chi connectivity index (χ0n) is 11.8. The summed E-state index contributed by atoms with van der Waals surface area (Å²) in [7, 11) is 0. The minimum atomic E-state index is -0.236. The number of carbonyl (C=O) groups excluding carboxylic acids is 1. The van der Waals surface area contributed by atoms with E-state index < -0.39 is 0 Å². The van der Waals surface area contributed by atoms with E-state index in [0.717, 1.165) is 35.0 Å². The topological polar surface area (TPSA) is 82.7 Å². The lowest BCUT2D eigenvalue weighted by Gasteiger charge is -2.07. The fourth-order valence-electron chi connectivity index (χ4n) is 2.09. The predicted octanol–water partition coefficient (Wildman–Crippen LogP) is 2.83. The lowest BCUT2D eigenvalue weighted by Crippen LogP contribution is -2.29. The standard InChI is InChI=1S/C15H17N5O/c1-2-3-7-16-15(21)18-13-8-12-11(9-17-13)14(20-19-12)10-5-4-6-10/h4-6,8-9H,2-3,7H2,1H3,(H,19,20)(H2,16,17,18,21). The summed E-state index contributed by atoms with van der Waals surface area (Å²) in [6.07, 6.45) is 9.71. The van der Waals surface area contributed by atoms with Gasteiger partial charge in [0.05, 0.1) is 5.52 Å². The number of rotatable bonds is 5. The minimum absolute atomic E-state index is 0.236. The van der Waals surface area contributed by atoms with Gasteiger partial charge in [-0.15, -0.1) is 0 Å². The summed E-state index contributed by atoms with van der Waals surface area (Å²) in [6, 6.07) is 1.55. The first kappa shape index (κ1) is 13.4. The van der Waals surface area contributed by atoms with Gasteiger partial charge in [-0.2, -0.15) is 5.10 Å². The SMILES string of the molecule is CCCCNC(=O)Nc1cc2[nH]nc(C3=CC=C3)c2cn1. The molecule has 0 atom stereocenters. The molecule has 0 radical (unpaired) electrons. The van der Waals surface area contributed by atoms with Crippen LogP contribution in [-0.4, -0.2) is 27.8 Å². The second kappa shape index (κ2) is 5.78. The van der Waals surface area contributed by atoms with E-state index in [0.29, 0.717) is 12.4 Å². The largest absolute Gasteiger partial charge is 0.338 e. The van der Waals surface area contributed by atoms with E-state index in [1.54, 1.807) is 12.3 Å². The Hall–Kier alpha value is -2.63. The summed E-state index contributed by atoms with van der Waals surface area (Å²) in [5, 5.41) is 13.7. The Bertz CT molecular complexity index is 729. The number of aromatic amines is 1. The quantitative estimate of drug-likeness (QED) is 0.738.